The van der Waals surface area contributed by atoms with Gasteiger partial charge >= 0.3 is 0 Å². The number of aryl methyl sites for hydroxylation is 2. The van der Waals surface area contributed by atoms with E-state index < -0.39 is 0 Å². The SMILES string of the molecule is Cc1cc(C)c(C)c(OCCCC(=O)N2CCC(N)CC2)c1. The fraction of sp³-hybridized carbons (Fsp3) is 0.611. The van der Waals surface area contributed by atoms with Crippen LogP contribution in [0.4, 0.5) is 0 Å². The minimum atomic E-state index is 0.229. The molecule has 22 heavy (non-hydrogen) atoms. The Bertz CT molecular complexity index is 520. The Morgan fingerprint density at radius 2 is 1.95 bits per heavy atom. The van der Waals surface area contributed by atoms with Crippen molar-refractivity contribution in [1.82, 2.24) is 4.90 Å². The van der Waals surface area contributed by atoms with E-state index in [2.05, 4.69) is 32.9 Å². The van der Waals surface area contributed by atoms with Gasteiger partial charge in [-0.2, -0.15) is 0 Å². The van der Waals surface area contributed by atoms with E-state index in [0.29, 0.717) is 13.0 Å². The first-order valence-corrected chi connectivity index (χ1v) is 8.21. The molecule has 2 N–H and O–H groups in total. The zero-order chi connectivity index (χ0) is 16.1. The Morgan fingerprint density at radius 1 is 1.27 bits per heavy atom. The van der Waals surface area contributed by atoms with Gasteiger partial charge in [0.15, 0.2) is 0 Å². The highest BCUT2D eigenvalue weighted by Gasteiger charge is 2.19. The van der Waals surface area contributed by atoms with Crippen LogP contribution >= 0.6 is 0 Å². The van der Waals surface area contributed by atoms with Crippen molar-refractivity contribution >= 4 is 5.91 Å². The molecule has 0 saturated carbocycles. The van der Waals surface area contributed by atoms with Crippen LogP contribution in [0.15, 0.2) is 12.1 Å². The van der Waals surface area contributed by atoms with Gasteiger partial charge in [0, 0.05) is 25.6 Å². The van der Waals surface area contributed by atoms with Crippen LogP contribution in [0.3, 0.4) is 0 Å². The number of carbonyl (C=O) groups excluding carboxylic acids is 1. The number of hydrogen-bond acceptors (Lipinski definition) is 3. The summed E-state index contributed by atoms with van der Waals surface area (Å²) in [7, 11) is 0. The van der Waals surface area contributed by atoms with Crippen molar-refractivity contribution < 1.29 is 9.53 Å². The molecule has 0 atom stereocenters. The molecule has 0 spiro atoms. The van der Waals surface area contributed by atoms with Crippen LogP contribution in [0.5, 0.6) is 5.75 Å². The van der Waals surface area contributed by atoms with Crippen molar-refractivity contribution in [2.75, 3.05) is 19.7 Å². The summed E-state index contributed by atoms with van der Waals surface area (Å²) in [6.07, 6.45) is 3.15. The number of ether oxygens (including phenoxy) is 1. The monoisotopic (exact) mass is 304 g/mol. The summed E-state index contributed by atoms with van der Waals surface area (Å²) in [5.74, 6) is 1.17. The minimum Gasteiger partial charge on any atom is -0.493 e. The maximum Gasteiger partial charge on any atom is 0.222 e. The summed E-state index contributed by atoms with van der Waals surface area (Å²) >= 11 is 0. The Morgan fingerprint density at radius 3 is 2.64 bits per heavy atom. The lowest BCUT2D eigenvalue weighted by Crippen LogP contribution is -2.42. The molecule has 1 fully saturated rings. The molecule has 2 rings (SSSR count). The number of nitrogens with two attached hydrogens (primary N) is 1. The van der Waals surface area contributed by atoms with E-state index in [1.54, 1.807) is 0 Å². The summed E-state index contributed by atoms with van der Waals surface area (Å²) in [6.45, 7) is 8.44. The Balaban J connectivity index is 1.74. The van der Waals surface area contributed by atoms with Gasteiger partial charge in [0.2, 0.25) is 5.91 Å². The van der Waals surface area contributed by atoms with Crippen LogP contribution in [-0.2, 0) is 4.79 Å². The van der Waals surface area contributed by atoms with Crippen LogP contribution < -0.4 is 10.5 Å². The van der Waals surface area contributed by atoms with Gasteiger partial charge in [-0.25, -0.2) is 0 Å². The molecule has 0 aliphatic carbocycles. The highest BCUT2D eigenvalue weighted by molar-refractivity contribution is 5.76. The number of likely N-dealkylation sites (tertiary alicyclic amines) is 1. The van der Waals surface area contributed by atoms with E-state index in [-0.39, 0.29) is 11.9 Å². The third-order valence-electron chi connectivity index (χ3n) is 4.45. The molecule has 0 bridgehead atoms. The Hall–Kier alpha value is -1.55. The molecule has 122 valence electrons. The van der Waals surface area contributed by atoms with Gasteiger partial charge in [0.25, 0.3) is 0 Å². The lowest BCUT2D eigenvalue weighted by atomic mass is 10.1. The molecule has 1 aromatic rings. The second-order valence-electron chi connectivity index (χ2n) is 6.38. The molecule has 1 aromatic carbocycles. The van der Waals surface area contributed by atoms with E-state index in [9.17, 15) is 4.79 Å². The van der Waals surface area contributed by atoms with Gasteiger partial charge in [0.05, 0.1) is 6.61 Å². The van der Waals surface area contributed by atoms with Crippen LogP contribution in [0.1, 0.15) is 42.4 Å². The van der Waals surface area contributed by atoms with E-state index in [1.165, 1.54) is 16.7 Å². The van der Waals surface area contributed by atoms with Gasteiger partial charge in [0.1, 0.15) is 5.75 Å². The maximum absolute atomic E-state index is 12.1. The molecule has 4 nitrogen and oxygen atoms in total. The number of hydrogen-bond donors (Lipinski definition) is 1. The van der Waals surface area contributed by atoms with Gasteiger partial charge in [-0.05, 0) is 62.8 Å². The predicted molar refractivity (Wildman–Crippen MR) is 89.2 cm³/mol. The fourth-order valence-corrected chi connectivity index (χ4v) is 2.86. The molecular weight excluding hydrogens is 276 g/mol. The summed E-state index contributed by atoms with van der Waals surface area (Å²) in [5.41, 5.74) is 9.50. The first kappa shape index (κ1) is 16.8. The molecule has 1 saturated heterocycles. The largest absolute Gasteiger partial charge is 0.493 e. The standard InChI is InChI=1S/C18H28N2O2/c1-13-11-14(2)15(3)17(12-13)22-10-4-5-18(21)20-8-6-16(19)7-9-20/h11-12,16H,4-10,19H2,1-3H3. The lowest BCUT2D eigenvalue weighted by molar-refractivity contribution is -0.132. The molecule has 0 radical (unpaired) electrons. The molecule has 1 heterocycles. The van der Waals surface area contributed by atoms with Crippen molar-refractivity contribution in [2.45, 2.75) is 52.5 Å². The first-order chi connectivity index (χ1) is 10.5. The van der Waals surface area contributed by atoms with Crippen molar-refractivity contribution in [3.63, 3.8) is 0 Å². The average molecular weight is 304 g/mol. The smallest absolute Gasteiger partial charge is 0.222 e. The van der Waals surface area contributed by atoms with E-state index >= 15 is 0 Å². The molecule has 4 heteroatoms. The second-order valence-corrected chi connectivity index (χ2v) is 6.38. The van der Waals surface area contributed by atoms with Crippen molar-refractivity contribution in [1.29, 1.82) is 0 Å². The number of nitrogens with zero attached hydrogens (tertiary/aromatic N) is 1. The molecule has 0 aromatic heterocycles. The van der Waals surface area contributed by atoms with Crippen LogP contribution in [-0.4, -0.2) is 36.5 Å². The summed E-state index contributed by atoms with van der Waals surface area (Å²) in [5, 5.41) is 0. The quantitative estimate of drug-likeness (QED) is 0.851. The number of amides is 1. The van der Waals surface area contributed by atoms with E-state index in [0.717, 1.165) is 38.1 Å². The van der Waals surface area contributed by atoms with Crippen LogP contribution in [0.2, 0.25) is 0 Å². The number of benzene rings is 1. The highest BCUT2D eigenvalue weighted by atomic mass is 16.5. The normalized spacial score (nSPS) is 15.9. The van der Waals surface area contributed by atoms with Crippen molar-refractivity contribution in [3.05, 3.63) is 28.8 Å². The molecule has 0 unspecified atom stereocenters. The van der Waals surface area contributed by atoms with Gasteiger partial charge in [-0.15, -0.1) is 0 Å². The van der Waals surface area contributed by atoms with Crippen molar-refractivity contribution in [2.24, 2.45) is 5.73 Å². The van der Waals surface area contributed by atoms with Crippen molar-refractivity contribution in [3.8, 4) is 5.75 Å². The molecule has 1 aliphatic heterocycles. The van der Waals surface area contributed by atoms with Gasteiger partial charge < -0.3 is 15.4 Å². The molecular formula is C18H28N2O2. The zero-order valence-corrected chi connectivity index (χ0v) is 14.0. The minimum absolute atomic E-state index is 0.229. The highest BCUT2D eigenvalue weighted by Crippen LogP contribution is 2.23. The number of rotatable bonds is 5. The maximum atomic E-state index is 12.1. The van der Waals surface area contributed by atoms with Gasteiger partial charge in [-0.3, -0.25) is 4.79 Å². The predicted octanol–water partition coefficient (Wildman–Crippen LogP) is 2.72. The van der Waals surface area contributed by atoms with Crippen LogP contribution in [0, 0.1) is 20.8 Å². The van der Waals surface area contributed by atoms with E-state index in [4.69, 9.17) is 10.5 Å². The lowest BCUT2D eigenvalue weighted by Gasteiger charge is -2.30. The number of piperidine rings is 1. The Labute approximate surface area is 133 Å². The molecule has 1 amide bonds. The topological polar surface area (TPSA) is 55.6 Å². The van der Waals surface area contributed by atoms with Crippen LogP contribution in [0.25, 0.3) is 0 Å². The Kier molecular flexibility index (Phi) is 5.83. The summed E-state index contributed by atoms with van der Waals surface area (Å²) in [6, 6.07) is 4.49. The first-order valence-electron chi connectivity index (χ1n) is 8.21. The summed E-state index contributed by atoms with van der Waals surface area (Å²) < 4.78 is 5.86. The number of carbonyl (C=O) groups is 1. The third kappa shape index (κ3) is 4.47. The van der Waals surface area contributed by atoms with Gasteiger partial charge in [-0.1, -0.05) is 6.07 Å². The van der Waals surface area contributed by atoms with E-state index in [1.807, 2.05) is 4.90 Å². The fourth-order valence-electron chi connectivity index (χ4n) is 2.86. The molecule has 1 aliphatic rings. The summed E-state index contributed by atoms with van der Waals surface area (Å²) in [4.78, 5) is 14.1. The average Bonchev–Trinajstić information content (AvgIpc) is 2.48. The second kappa shape index (κ2) is 7.63. The zero-order valence-electron chi connectivity index (χ0n) is 14.0. The third-order valence-corrected chi connectivity index (χ3v) is 4.45.